The van der Waals surface area contributed by atoms with Gasteiger partial charge in [-0.1, -0.05) is 44.2 Å². The smallest absolute Gasteiger partial charge is 0.209 e. The van der Waals surface area contributed by atoms with Gasteiger partial charge < -0.3 is 0 Å². The van der Waals surface area contributed by atoms with E-state index in [9.17, 15) is 4.79 Å². The second-order valence-electron chi connectivity index (χ2n) is 6.29. The summed E-state index contributed by atoms with van der Waals surface area (Å²) in [4.78, 5) is 21.0. The monoisotopic (exact) mass is 298 g/mol. The van der Waals surface area contributed by atoms with E-state index >= 15 is 0 Å². The molecule has 21 heavy (non-hydrogen) atoms. The molecule has 3 rings (SSSR count). The predicted molar refractivity (Wildman–Crippen MR) is 87.3 cm³/mol. The quantitative estimate of drug-likeness (QED) is 0.809. The number of rotatable bonds is 2. The Morgan fingerprint density at radius 3 is 2.67 bits per heavy atom. The molecule has 2 aromatic rings. The minimum atomic E-state index is 0.0215. The van der Waals surface area contributed by atoms with E-state index in [0.29, 0.717) is 12.8 Å². The van der Waals surface area contributed by atoms with Crippen molar-refractivity contribution in [2.75, 3.05) is 0 Å². The first kappa shape index (κ1) is 14.1. The van der Waals surface area contributed by atoms with Crippen LogP contribution in [0.15, 0.2) is 40.7 Å². The lowest BCUT2D eigenvalue weighted by Gasteiger charge is -2.29. The van der Waals surface area contributed by atoms with Gasteiger partial charge in [0, 0.05) is 29.5 Å². The van der Waals surface area contributed by atoms with E-state index < -0.39 is 0 Å². The molecule has 1 aliphatic rings. The van der Waals surface area contributed by atoms with Gasteiger partial charge in [-0.25, -0.2) is 9.98 Å². The first-order chi connectivity index (χ1) is 10.0. The minimum Gasteiger partial charge on any atom is -0.299 e. The Labute approximate surface area is 128 Å². The standard InChI is InChI=1S/C17H18N2OS/c1-17(2)9-13(8-14(20)10-17)18-16-19-15(11-21-16)12-6-4-3-5-7-12/h3-7,11H,8-10H2,1-2H3/b18-13-. The molecule has 1 fully saturated rings. The SMILES string of the molecule is CC1(C)CC(=O)C/C(=N/c2nc(-c3ccccc3)cs2)C1. The molecule has 0 bridgehead atoms. The lowest BCUT2D eigenvalue weighted by atomic mass is 9.76. The maximum Gasteiger partial charge on any atom is 0.209 e. The Bertz CT molecular complexity index is 686. The third kappa shape index (κ3) is 3.45. The molecule has 0 amide bonds. The topological polar surface area (TPSA) is 42.3 Å². The van der Waals surface area contributed by atoms with Crippen LogP contribution in [0.1, 0.15) is 33.1 Å². The number of nitrogens with zero attached hydrogens (tertiary/aromatic N) is 2. The zero-order valence-corrected chi connectivity index (χ0v) is 13.1. The van der Waals surface area contributed by atoms with Crippen molar-refractivity contribution in [3.8, 4) is 11.3 Å². The van der Waals surface area contributed by atoms with Crippen LogP contribution in [0, 0.1) is 5.41 Å². The first-order valence-electron chi connectivity index (χ1n) is 7.11. The van der Waals surface area contributed by atoms with Crippen LogP contribution in [0.25, 0.3) is 11.3 Å². The number of Topliss-reactive ketones (excluding diaryl/α,β-unsaturated/α-hetero) is 1. The Morgan fingerprint density at radius 1 is 1.19 bits per heavy atom. The fourth-order valence-corrected chi connectivity index (χ4v) is 3.51. The highest BCUT2D eigenvalue weighted by molar-refractivity contribution is 7.13. The van der Waals surface area contributed by atoms with Gasteiger partial charge in [0.25, 0.3) is 0 Å². The molecule has 3 nitrogen and oxygen atoms in total. The van der Waals surface area contributed by atoms with Crippen LogP contribution >= 0.6 is 11.3 Å². The van der Waals surface area contributed by atoms with E-state index in [4.69, 9.17) is 0 Å². The van der Waals surface area contributed by atoms with Crippen molar-refractivity contribution in [2.45, 2.75) is 33.1 Å². The van der Waals surface area contributed by atoms with Crippen LogP contribution < -0.4 is 0 Å². The molecule has 1 saturated carbocycles. The molecule has 0 spiro atoms. The summed E-state index contributed by atoms with van der Waals surface area (Å²) in [6.07, 6.45) is 2.00. The molecule has 1 heterocycles. The fourth-order valence-electron chi connectivity index (χ4n) is 2.77. The fraction of sp³-hybridized carbons (Fsp3) is 0.353. The molecule has 1 aromatic carbocycles. The summed E-state index contributed by atoms with van der Waals surface area (Å²) in [5.74, 6) is 0.282. The number of carbonyl (C=O) groups is 1. The number of carbonyl (C=O) groups excluding carboxylic acids is 1. The zero-order chi connectivity index (χ0) is 14.9. The van der Waals surface area contributed by atoms with Gasteiger partial charge in [-0.05, 0) is 11.8 Å². The van der Waals surface area contributed by atoms with Gasteiger partial charge >= 0.3 is 0 Å². The Kier molecular flexibility index (Phi) is 3.72. The third-order valence-corrected chi connectivity index (χ3v) is 4.31. The number of aromatic nitrogens is 1. The summed E-state index contributed by atoms with van der Waals surface area (Å²) in [7, 11) is 0. The molecular formula is C17H18N2OS. The van der Waals surface area contributed by atoms with Crippen LogP contribution in [0.2, 0.25) is 0 Å². The number of thiazole rings is 1. The van der Waals surface area contributed by atoms with Gasteiger partial charge in [0.15, 0.2) is 0 Å². The molecule has 1 aromatic heterocycles. The Balaban J connectivity index is 1.84. The van der Waals surface area contributed by atoms with Gasteiger partial charge in [-0.3, -0.25) is 4.79 Å². The molecule has 0 atom stereocenters. The van der Waals surface area contributed by atoms with E-state index in [1.165, 1.54) is 11.3 Å². The zero-order valence-electron chi connectivity index (χ0n) is 12.3. The van der Waals surface area contributed by atoms with Crippen molar-refractivity contribution in [1.29, 1.82) is 0 Å². The largest absolute Gasteiger partial charge is 0.299 e. The van der Waals surface area contributed by atoms with Gasteiger partial charge in [0.2, 0.25) is 5.13 Å². The molecule has 4 heteroatoms. The van der Waals surface area contributed by atoms with Crippen molar-refractivity contribution in [1.82, 2.24) is 4.98 Å². The molecule has 0 unspecified atom stereocenters. The maximum absolute atomic E-state index is 11.8. The number of aliphatic imine (C=N–C) groups is 1. The molecule has 0 N–H and O–H groups in total. The summed E-state index contributed by atoms with van der Waals surface area (Å²) in [5.41, 5.74) is 3.03. The van der Waals surface area contributed by atoms with Crippen LogP contribution in [0.4, 0.5) is 5.13 Å². The summed E-state index contributed by atoms with van der Waals surface area (Å²) >= 11 is 1.53. The maximum atomic E-state index is 11.8. The third-order valence-electron chi connectivity index (χ3n) is 3.57. The second-order valence-corrected chi connectivity index (χ2v) is 7.13. The van der Waals surface area contributed by atoms with Crippen LogP contribution in [-0.2, 0) is 4.79 Å². The molecule has 0 aliphatic heterocycles. The predicted octanol–water partition coefficient (Wildman–Crippen LogP) is 4.66. The van der Waals surface area contributed by atoms with E-state index in [2.05, 4.69) is 23.8 Å². The lowest BCUT2D eigenvalue weighted by molar-refractivity contribution is -0.120. The van der Waals surface area contributed by atoms with E-state index in [1.54, 1.807) is 0 Å². The number of ketones is 1. The molecule has 0 radical (unpaired) electrons. The first-order valence-corrected chi connectivity index (χ1v) is 7.99. The van der Waals surface area contributed by atoms with Gasteiger partial charge in [-0.2, -0.15) is 0 Å². The normalized spacial score (nSPS) is 19.9. The van der Waals surface area contributed by atoms with Crippen molar-refractivity contribution in [3.05, 3.63) is 35.7 Å². The molecule has 108 valence electrons. The van der Waals surface area contributed by atoms with Crippen molar-refractivity contribution >= 4 is 28.0 Å². The van der Waals surface area contributed by atoms with E-state index in [1.807, 2.05) is 35.7 Å². The molecule has 1 aliphatic carbocycles. The highest BCUT2D eigenvalue weighted by Gasteiger charge is 2.30. The van der Waals surface area contributed by atoms with Crippen molar-refractivity contribution in [2.24, 2.45) is 10.4 Å². The van der Waals surface area contributed by atoms with Crippen molar-refractivity contribution < 1.29 is 4.79 Å². The molecule has 0 saturated heterocycles. The highest BCUT2D eigenvalue weighted by atomic mass is 32.1. The lowest BCUT2D eigenvalue weighted by Crippen LogP contribution is -2.28. The summed E-state index contributed by atoms with van der Waals surface area (Å²) < 4.78 is 0. The summed E-state index contributed by atoms with van der Waals surface area (Å²) in [6, 6.07) is 10.1. The van der Waals surface area contributed by atoms with Crippen LogP contribution in [0.5, 0.6) is 0 Å². The average Bonchev–Trinajstić information content (AvgIpc) is 2.86. The summed E-state index contributed by atoms with van der Waals surface area (Å²) in [6.45, 7) is 4.24. The minimum absolute atomic E-state index is 0.0215. The van der Waals surface area contributed by atoms with Crippen LogP contribution in [-0.4, -0.2) is 16.5 Å². The Hall–Kier alpha value is -1.81. The van der Waals surface area contributed by atoms with E-state index in [0.717, 1.165) is 28.5 Å². The van der Waals surface area contributed by atoms with Gasteiger partial charge in [-0.15, -0.1) is 11.3 Å². The van der Waals surface area contributed by atoms with Gasteiger partial charge in [0.05, 0.1) is 5.69 Å². The summed E-state index contributed by atoms with van der Waals surface area (Å²) in [5, 5.41) is 2.76. The van der Waals surface area contributed by atoms with E-state index in [-0.39, 0.29) is 11.2 Å². The molecular weight excluding hydrogens is 280 g/mol. The number of hydrogen-bond acceptors (Lipinski definition) is 4. The number of hydrogen-bond donors (Lipinski definition) is 0. The van der Waals surface area contributed by atoms with Crippen LogP contribution in [0.3, 0.4) is 0 Å². The Morgan fingerprint density at radius 2 is 1.95 bits per heavy atom. The van der Waals surface area contributed by atoms with Gasteiger partial charge in [0.1, 0.15) is 5.78 Å². The average molecular weight is 298 g/mol. The highest BCUT2D eigenvalue weighted by Crippen LogP contribution is 2.34. The second kappa shape index (κ2) is 5.53. The van der Waals surface area contributed by atoms with Crippen molar-refractivity contribution in [3.63, 3.8) is 0 Å². The number of benzene rings is 1.